The van der Waals surface area contributed by atoms with Crippen molar-refractivity contribution in [1.29, 1.82) is 0 Å². The van der Waals surface area contributed by atoms with E-state index in [0.29, 0.717) is 29.4 Å². The van der Waals surface area contributed by atoms with Gasteiger partial charge in [0.05, 0.1) is 6.61 Å². The van der Waals surface area contributed by atoms with Crippen LogP contribution in [0.3, 0.4) is 0 Å². The van der Waals surface area contributed by atoms with Crippen LogP contribution in [0.15, 0.2) is 42.6 Å². The Labute approximate surface area is 161 Å². The number of nitrogens with one attached hydrogen (secondary N) is 1. The van der Waals surface area contributed by atoms with Gasteiger partial charge in [0.1, 0.15) is 16.4 Å². The molecule has 1 aromatic heterocycles. The smallest absolute Gasteiger partial charge is 0.325 e. The van der Waals surface area contributed by atoms with Gasteiger partial charge < -0.3 is 10.1 Å². The Morgan fingerprint density at radius 2 is 2.04 bits per heavy atom. The average Bonchev–Trinajstić information content (AvgIpc) is 2.82. The van der Waals surface area contributed by atoms with Crippen molar-refractivity contribution in [3.8, 4) is 5.75 Å². The van der Waals surface area contributed by atoms with E-state index in [4.69, 9.17) is 27.9 Å². The van der Waals surface area contributed by atoms with E-state index in [-0.39, 0.29) is 17.6 Å². The van der Waals surface area contributed by atoms with E-state index < -0.39 is 11.6 Å². The number of nitrogens with zero attached hydrogens (tertiary/aromatic N) is 2. The fraction of sp³-hybridized carbons (Fsp3) is 0.278. The predicted octanol–water partition coefficient (Wildman–Crippen LogP) is 3.62. The van der Waals surface area contributed by atoms with Crippen molar-refractivity contribution in [3.63, 3.8) is 0 Å². The number of amides is 3. The van der Waals surface area contributed by atoms with E-state index in [1.54, 1.807) is 43.3 Å². The number of urea groups is 1. The monoisotopic (exact) mass is 393 g/mol. The van der Waals surface area contributed by atoms with E-state index in [0.717, 1.165) is 0 Å². The minimum atomic E-state index is -1.23. The van der Waals surface area contributed by atoms with E-state index in [2.05, 4.69) is 10.3 Å². The lowest BCUT2D eigenvalue weighted by Gasteiger charge is -2.22. The number of ether oxygens (including phenoxy) is 1. The van der Waals surface area contributed by atoms with Crippen LogP contribution in [0.25, 0.3) is 0 Å². The van der Waals surface area contributed by atoms with E-state index in [1.807, 2.05) is 0 Å². The summed E-state index contributed by atoms with van der Waals surface area (Å²) in [5, 5.41) is 3.48. The van der Waals surface area contributed by atoms with Crippen LogP contribution >= 0.6 is 23.2 Å². The molecule has 0 unspecified atom stereocenters. The standard InChI is InChI=1S/C18H17Cl2N3O3/c1-18(14-7-3-8-21-15(14)20)16(24)23(17(25)22-18)9-4-10-26-13-6-2-5-12(19)11-13/h2-3,5-8,11H,4,9-10H2,1H3,(H,22,25)/t18-/m1/s1. The first kappa shape index (κ1) is 18.5. The van der Waals surface area contributed by atoms with Crippen LogP contribution in [0.5, 0.6) is 5.75 Å². The first-order chi connectivity index (χ1) is 12.4. The number of halogens is 2. The molecule has 136 valence electrons. The van der Waals surface area contributed by atoms with Crippen LogP contribution in [0.1, 0.15) is 18.9 Å². The zero-order chi connectivity index (χ0) is 18.7. The van der Waals surface area contributed by atoms with Crippen molar-refractivity contribution < 1.29 is 14.3 Å². The molecular formula is C18H17Cl2N3O3. The first-order valence-corrected chi connectivity index (χ1v) is 8.81. The predicted molar refractivity (Wildman–Crippen MR) is 98.4 cm³/mol. The van der Waals surface area contributed by atoms with E-state index >= 15 is 0 Å². The molecule has 1 N–H and O–H groups in total. The maximum atomic E-state index is 12.8. The van der Waals surface area contributed by atoms with Gasteiger partial charge in [-0.25, -0.2) is 9.78 Å². The number of rotatable bonds is 6. The van der Waals surface area contributed by atoms with Gasteiger partial charge in [0, 0.05) is 23.3 Å². The van der Waals surface area contributed by atoms with Crippen LogP contribution in [0, 0.1) is 0 Å². The number of carbonyl (C=O) groups is 2. The summed E-state index contributed by atoms with van der Waals surface area (Å²) in [5.74, 6) is 0.279. The molecule has 1 aliphatic heterocycles. The van der Waals surface area contributed by atoms with Gasteiger partial charge in [-0.05, 0) is 37.6 Å². The average molecular weight is 394 g/mol. The lowest BCUT2D eigenvalue weighted by Crippen LogP contribution is -2.41. The quantitative estimate of drug-likeness (QED) is 0.462. The molecular weight excluding hydrogens is 377 g/mol. The molecule has 3 amide bonds. The molecule has 3 rings (SSSR count). The number of carbonyl (C=O) groups excluding carboxylic acids is 2. The summed E-state index contributed by atoms with van der Waals surface area (Å²) < 4.78 is 5.59. The third-order valence-electron chi connectivity index (χ3n) is 4.16. The van der Waals surface area contributed by atoms with Gasteiger partial charge in [0.2, 0.25) is 0 Å². The van der Waals surface area contributed by atoms with E-state index in [9.17, 15) is 9.59 Å². The Kier molecular flexibility index (Phi) is 5.34. The molecule has 1 aromatic carbocycles. The molecule has 1 saturated heterocycles. The summed E-state index contributed by atoms with van der Waals surface area (Å²) in [6.07, 6.45) is 2.02. The van der Waals surface area contributed by atoms with Crippen molar-refractivity contribution in [3.05, 3.63) is 58.3 Å². The van der Waals surface area contributed by atoms with Crippen LogP contribution < -0.4 is 10.1 Å². The molecule has 6 nitrogen and oxygen atoms in total. The number of aromatic nitrogens is 1. The zero-order valence-corrected chi connectivity index (χ0v) is 15.5. The van der Waals surface area contributed by atoms with Gasteiger partial charge in [-0.1, -0.05) is 35.3 Å². The Balaban J connectivity index is 1.62. The van der Waals surface area contributed by atoms with Crippen molar-refractivity contribution in [2.75, 3.05) is 13.2 Å². The van der Waals surface area contributed by atoms with Gasteiger partial charge in [-0.15, -0.1) is 0 Å². The molecule has 8 heteroatoms. The highest BCUT2D eigenvalue weighted by Gasteiger charge is 2.49. The van der Waals surface area contributed by atoms with Gasteiger partial charge in [-0.3, -0.25) is 9.69 Å². The maximum absolute atomic E-state index is 12.8. The molecule has 0 saturated carbocycles. The summed E-state index contributed by atoms with van der Waals surface area (Å²) in [6.45, 7) is 2.21. The SMILES string of the molecule is C[C@]1(c2cccnc2Cl)NC(=O)N(CCCOc2cccc(Cl)c2)C1=O. The van der Waals surface area contributed by atoms with Gasteiger partial charge in [0.15, 0.2) is 0 Å². The topological polar surface area (TPSA) is 71.5 Å². The lowest BCUT2D eigenvalue weighted by atomic mass is 9.93. The Hall–Kier alpha value is -2.31. The third-order valence-corrected chi connectivity index (χ3v) is 4.70. The highest BCUT2D eigenvalue weighted by molar-refractivity contribution is 6.31. The zero-order valence-electron chi connectivity index (χ0n) is 14.0. The molecule has 1 aliphatic rings. The minimum Gasteiger partial charge on any atom is -0.493 e. The number of imide groups is 1. The molecule has 0 aliphatic carbocycles. The molecule has 1 atom stereocenters. The van der Waals surface area contributed by atoms with Gasteiger partial charge in [0.25, 0.3) is 5.91 Å². The summed E-state index contributed by atoms with van der Waals surface area (Å²) in [5.41, 5.74) is -0.756. The summed E-state index contributed by atoms with van der Waals surface area (Å²) in [7, 11) is 0. The van der Waals surface area contributed by atoms with Crippen molar-refractivity contribution in [2.24, 2.45) is 0 Å². The van der Waals surface area contributed by atoms with Crippen LogP contribution in [0.2, 0.25) is 10.2 Å². The molecule has 0 radical (unpaired) electrons. The second kappa shape index (κ2) is 7.51. The van der Waals surface area contributed by atoms with Crippen LogP contribution in [-0.2, 0) is 10.3 Å². The second-order valence-electron chi connectivity index (χ2n) is 6.01. The molecule has 2 aromatic rings. The Morgan fingerprint density at radius 1 is 1.23 bits per heavy atom. The minimum absolute atomic E-state index is 0.190. The molecule has 26 heavy (non-hydrogen) atoms. The summed E-state index contributed by atoms with van der Waals surface area (Å²) in [4.78, 5) is 30.2. The Morgan fingerprint density at radius 3 is 2.77 bits per heavy atom. The number of pyridine rings is 1. The molecule has 0 spiro atoms. The van der Waals surface area contributed by atoms with Crippen LogP contribution in [-0.4, -0.2) is 35.0 Å². The third kappa shape index (κ3) is 3.61. The van der Waals surface area contributed by atoms with Crippen molar-refractivity contribution >= 4 is 35.1 Å². The molecule has 0 bridgehead atoms. The van der Waals surface area contributed by atoms with E-state index in [1.165, 1.54) is 11.1 Å². The first-order valence-electron chi connectivity index (χ1n) is 8.05. The molecule has 1 fully saturated rings. The lowest BCUT2D eigenvalue weighted by molar-refractivity contribution is -0.131. The number of hydrogen-bond donors (Lipinski definition) is 1. The second-order valence-corrected chi connectivity index (χ2v) is 6.81. The van der Waals surface area contributed by atoms with Crippen molar-refractivity contribution in [1.82, 2.24) is 15.2 Å². The highest BCUT2D eigenvalue weighted by atomic mass is 35.5. The number of hydrogen-bond acceptors (Lipinski definition) is 4. The fourth-order valence-electron chi connectivity index (χ4n) is 2.81. The van der Waals surface area contributed by atoms with Gasteiger partial charge >= 0.3 is 6.03 Å². The fourth-order valence-corrected chi connectivity index (χ4v) is 3.30. The number of benzene rings is 1. The highest BCUT2D eigenvalue weighted by Crippen LogP contribution is 2.32. The van der Waals surface area contributed by atoms with Crippen LogP contribution in [0.4, 0.5) is 4.79 Å². The summed E-state index contributed by atoms with van der Waals surface area (Å²) in [6, 6.07) is 9.94. The maximum Gasteiger partial charge on any atom is 0.325 e. The Bertz CT molecular complexity index is 846. The summed E-state index contributed by atoms with van der Waals surface area (Å²) >= 11 is 12.0. The van der Waals surface area contributed by atoms with Crippen molar-refractivity contribution in [2.45, 2.75) is 18.9 Å². The molecule has 2 heterocycles. The normalized spacial score (nSPS) is 19.6. The van der Waals surface area contributed by atoms with Gasteiger partial charge in [-0.2, -0.15) is 0 Å². The largest absolute Gasteiger partial charge is 0.493 e.